The number of amides is 2. The van der Waals surface area contributed by atoms with Gasteiger partial charge in [0.05, 0.1) is 12.0 Å². The highest BCUT2D eigenvalue weighted by molar-refractivity contribution is 5.98. The van der Waals surface area contributed by atoms with E-state index < -0.39 is 34.9 Å². The highest BCUT2D eigenvalue weighted by Crippen LogP contribution is 2.16. The van der Waals surface area contributed by atoms with Crippen molar-refractivity contribution in [3.63, 3.8) is 0 Å². The number of hydrogen-bond donors (Lipinski definition) is 2. The molecule has 0 fully saturated rings. The number of nitro benzene ring substituents is 1. The summed E-state index contributed by atoms with van der Waals surface area (Å²) < 4.78 is 10.1. The van der Waals surface area contributed by atoms with Crippen LogP contribution in [0.4, 0.5) is 11.4 Å². The van der Waals surface area contributed by atoms with Crippen molar-refractivity contribution < 1.29 is 28.8 Å². The first-order valence-electron chi connectivity index (χ1n) is 8.92. The lowest BCUT2D eigenvalue weighted by molar-refractivity contribution is -0.384. The second-order valence-electron chi connectivity index (χ2n) is 6.30. The van der Waals surface area contributed by atoms with Gasteiger partial charge in [0.15, 0.2) is 6.10 Å². The van der Waals surface area contributed by atoms with E-state index in [1.165, 1.54) is 39.2 Å². The lowest BCUT2D eigenvalue weighted by Gasteiger charge is -2.17. The molecule has 158 valence electrons. The maximum atomic E-state index is 12.2. The van der Waals surface area contributed by atoms with Crippen molar-refractivity contribution in [2.24, 2.45) is 0 Å². The molecule has 0 radical (unpaired) electrons. The number of nitrogens with one attached hydrogen (secondary N) is 2. The van der Waals surface area contributed by atoms with Crippen molar-refractivity contribution in [2.75, 3.05) is 12.4 Å². The molecule has 0 aliphatic carbocycles. The monoisotopic (exact) mass is 415 g/mol. The van der Waals surface area contributed by atoms with Gasteiger partial charge in [0.2, 0.25) is 0 Å². The molecule has 0 aliphatic heterocycles. The minimum absolute atomic E-state index is 0.0224. The number of anilines is 1. The topological polar surface area (TPSA) is 137 Å². The molecule has 0 bridgehead atoms. The second-order valence-corrected chi connectivity index (χ2v) is 6.30. The van der Waals surface area contributed by atoms with E-state index in [2.05, 4.69) is 10.6 Å². The van der Waals surface area contributed by atoms with Crippen LogP contribution in [0, 0.1) is 10.1 Å². The second kappa shape index (κ2) is 10.0. The van der Waals surface area contributed by atoms with Gasteiger partial charge in [0, 0.05) is 23.4 Å². The molecule has 0 saturated carbocycles. The molecule has 10 nitrogen and oxygen atoms in total. The molecule has 0 saturated heterocycles. The summed E-state index contributed by atoms with van der Waals surface area (Å²) in [5.41, 5.74) is 0.270. The van der Waals surface area contributed by atoms with Crippen molar-refractivity contribution in [2.45, 2.75) is 26.0 Å². The predicted octanol–water partition coefficient (Wildman–Crippen LogP) is 2.29. The van der Waals surface area contributed by atoms with Crippen molar-refractivity contribution >= 4 is 29.2 Å². The molecule has 0 spiro atoms. The third-order valence-corrected chi connectivity index (χ3v) is 4.04. The molecule has 2 N–H and O–H groups in total. The number of esters is 1. The fourth-order valence-corrected chi connectivity index (χ4v) is 2.35. The van der Waals surface area contributed by atoms with Crippen LogP contribution in [-0.2, 0) is 14.3 Å². The fourth-order valence-electron chi connectivity index (χ4n) is 2.35. The number of nitro groups is 1. The van der Waals surface area contributed by atoms with Crippen LogP contribution >= 0.6 is 0 Å². The van der Waals surface area contributed by atoms with Crippen LogP contribution < -0.4 is 15.4 Å². The third kappa shape index (κ3) is 6.03. The molecule has 2 atom stereocenters. The summed E-state index contributed by atoms with van der Waals surface area (Å²) in [7, 11) is 1.52. The van der Waals surface area contributed by atoms with Gasteiger partial charge in [-0.25, -0.2) is 4.79 Å². The van der Waals surface area contributed by atoms with Gasteiger partial charge in [-0.15, -0.1) is 0 Å². The zero-order valence-corrected chi connectivity index (χ0v) is 16.6. The largest absolute Gasteiger partial charge is 0.497 e. The summed E-state index contributed by atoms with van der Waals surface area (Å²) in [6.07, 6.45) is -1.11. The molecule has 2 aromatic carbocycles. The lowest BCUT2D eigenvalue weighted by atomic mass is 10.2. The average molecular weight is 415 g/mol. The van der Waals surface area contributed by atoms with Gasteiger partial charge in [0.1, 0.15) is 11.8 Å². The molecule has 0 unspecified atom stereocenters. The molecule has 10 heteroatoms. The quantitative estimate of drug-likeness (QED) is 0.383. The maximum Gasteiger partial charge on any atom is 0.329 e. The predicted molar refractivity (Wildman–Crippen MR) is 107 cm³/mol. The zero-order chi connectivity index (χ0) is 22.3. The van der Waals surface area contributed by atoms with Gasteiger partial charge < -0.3 is 20.1 Å². The number of carbonyl (C=O) groups excluding carboxylic acids is 3. The number of nitrogens with zero attached hydrogens (tertiary/aromatic N) is 1. The van der Waals surface area contributed by atoms with Gasteiger partial charge in [0.25, 0.3) is 17.5 Å². The van der Waals surface area contributed by atoms with E-state index in [1.54, 1.807) is 24.3 Å². The van der Waals surface area contributed by atoms with E-state index in [-0.39, 0.29) is 11.3 Å². The Balaban J connectivity index is 1.90. The average Bonchev–Trinajstić information content (AvgIpc) is 2.74. The maximum absolute atomic E-state index is 12.2. The van der Waals surface area contributed by atoms with Crippen LogP contribution in [0.5, 0.6) is 5.75 Å². The Hall–Kier alpha value is -3.95. The summed E-state index contributed by atoms with van der Waals surface area (Å²) >= 11 is 0. The SMILES string of the molecule is COc1ccc(NC(=O)[C@H](C)OC(=O)[C@H](C)NC(=O)c2cccc([N+](=O)[O-])c2)cc1. The van der Waals surface area contributed by atoms with Crippen LogP contribution in [-0.4, -0.2) is 42.0 Å². The number of non-ortho nitro benzene ring substituents is 1. The van der Waals surface area contributed by atoms with E-state index >= 15 is 0 Å². The Morgan fingerprint density at radius 3 is 2.33 bits per heavy atom. The molecule has 2 amide bonds. The van der Waals surface area contributed by atoms with Crippen molar-refractivity contribution in [3.05, 3.63) is 64.2 Å². The Morgan fingerprint density at radius 2 is 1.73 bits per heavy atom. The highest BCUT2D eigenvalue weighted by Gasteiger charge is 2.24. The number of carbonyl (C=O) groups is 3. The van der Waals surface area contributed by atoms with Gasteiger partial charge in [-0.05, 0) is 44.2 Å². The molecule has 2 aromatic rings. The summed E-state index contributed by atoms with van der Waals surface area (Å²) in [4.78, 5) is 46.8. The summed E-state index contributed by atoms with van der Waals surface area (Å²) in [5, 5.41) is 15.8. The van der Waals surface area contributed by atoms with Gasteiger partial charge in [-0.3, -0.25) is 19.7 Å². The molecule has 0 aromatic heterocycles. The summed E-state index contributed by atoms with van der Waals surface area (Å²) in [6, 6.07) is 10.6. The first kappa shape index (κ1) is 22.3. The fraction of sp³-hybridized carbons (Fsp3) is 0.250. The third-order valence-electron chi connectivity index (χ3n) is 4.04. The first-order chi connectivity index (χ1) is 14.2. The molecular weight excluding hydrogens is 394 g/mol. The van der Waals surface area contributed by atoms with E-state index in [0.29, 0.717) is 11.4 Å². The Labute approximate surface area is 172 Å². The molecule has 0 aliphatic rings. The number of rotatable bonds is 8. The molecule has 0 heterocycles. The summed E-state index contributed by atoms with van der Waals surface area (Å²) in [5.74, 6) is -1.43. The number of hydrogen-bond acceptors (Lipinski definition) is 7. The van der Waals surface area contributed by atoms with Gasteiger partial charge >= 0.3 is 5.97 Å². The van der Waals surface area contributed by atoms with Crippen molar-refractivity contribution in [3.8, 4) is 5.75 Å². The van der Waals surface area contributed by atoms with Crippen LogP contribution in [0.25, 0.3) is 0 Å². The van der Waals surface area contributed by atoms with Crippen molar-refractivity contribution in [1.82, 2.24) is 5.32 Å². The molecular formula is C20H21N3O7. The lowest BCUT2D eigenvalue weighted by Crippen LogP contribution is -2.42. The standard InChI is InChI=1S/C20H21N3O7/c1-12(21-19(25)14-5-4-6-16(11-14)23(27)28)20(26)30-13(2)18(24)22-15-7-9-17(29-3)10-8-15/h4-13H,1-3H3,(H,21,25)(H,22,24)/t12-,13-/m0/s1. The van der Waals surface area contributed by atoms with E-state index in [0.717, 1.165) is 6.07 Å². The molecule has 30 heavy (non-hydrogen) atoms. The van der Waals surface area contributed by atoms with E-state index in [1.807, 2.05) is 0 Å². The van der Waals surface area contributed by atoms with E-state index in [9.17, 15) is 24.5 Å². The minimum Gasteiger partial charge on any atom is -0.497 e. The van der Waals surface area contributed by atoms with Gasteiger partial charge in [-0.1, -0.05) is 6.07 Å². The number of benzene rings is 2. The highest BCUT2D eigenvalue weighted by atomic mass is 16.6. The smallest absolute Gasteiger partial charge is 0.329 e. The minimum atomic E-state index is -1.11. The zero-order valence-electron chi connectivity index (χ0n) is 16.6. The van der Waals surface area contributed by atoms with Crippen LogP contribution in [0.1, 0.15) is 24.2 Å². The Kier molecular flexibility index (Phi) is 7.45. The molecule has 2 rings (SSSR count). The Bertz CT molecular complexity index is 944. The van der Waals surface area contributed by atoms with Gasteiger partial charge in [-0.2, -0.15) is 0 Å². The van der Waals surface area contributed by atoms with E-state index in [4.69, 9.17) is 9.47 Å². The number of ether oxygens (including phenoxy) is 2. The number of methoxy groups -OCH3 is 1. The first-order valence-corrected chi connectivity index (χ1v) is 8.92. The normalized spacial score (nSPS) is 12.2. The van der Waals surface area contributed by atoms with Crippen LogP contribution in [0.15, 0.2) is 48.5 Å². The Morgan fingerprint density at radius 1 is 1.07 bits per heavy atom. The van der Waals surface area contributed by atoms with Crippen LogP contribution in [0.3, 0.4) is 0 Å². The van der Waals surface area contributed by atoms with Crippen molar-refractivity contribution in [1.29, 1.82) is 0 Å². The summed E-state index contributed by atoms with van der Waals surface area (Å²) in [6.45, 7) is 2.78. The van der Waals surface area contributed by atoms with Crippen LogP contribution in [0.2, 0.25) is 0 Å².